The van der Waals surface area contributed by atoms with Crippen LogP contribution in [0.2, 0.25) is 0 Å². The van der Waals surface area contributed by atoms with E-state index in [-0.39, 0.29) is 35.5 Å². The SMILES string of the molecule is O=C1[C@@H]2[C@H](C(=O)N1/N=C\c1cn(Cc3ccccc3)c3ccccc13)[C@H]1C=C[C@H]2CC1. The van der Waals surface area contributed by atoms with E-state index in [1.54, 1.807) is 6.21 Å². The van der Waals surface area contributed by atoms with E-state index in [1.807, 2.05) is 36.5 Å². The van der Waals surface area contributed by atoms with Gasteiger partial charge in [0, 0.05) is 29.2 Å². The molecule has 2 fully saturated rings. The molecule has 2 amide bonds. The van der Waals surface area contributed by atoms with Crippen LogP contribution in [0.1, 0.15) is 24.0 Å². The van der Waals surface area contributed by atoms with Gasteiger partial charge in [-0.3, -0.25) is 9.59 Å². The number of imide groups is 1. The highest BCUT2D eigenvalue weighted by Gasteiger charge is 2.56. The van der Waals surface area contributed by atoms with Gasteiger partial charge in [-0.2, -0.15) is 10.1 Å². The molecule has 1 saturated heterocycles. The van der Waals surface area contributed by atoms with Gasteiger partial charge in [-0.05, 0) is 36.3 Å². The molecule has 0 radical (unpaired) electrons. The Bertz CT molecular complexity index is 1210. The van der Waals surface area contributed by atoms with Gasteiger partial charge in [0.1, 0.15) is 0 Å². The van der Waals surface area contributed by atoms with Crippen LogP contribution in [0.3, 0.4) is 0 Å². The Hall–Kier alpha value is -3.47. The molecule has 4 atom stereocenters. The lowest BCUT2D eigenvalue weighted by molar-refractivity contribution is -0.140. The number of allylic oxidation sites excluding steroid dienone is 2. The highest BCUT2D eigenvalue weighted by molar-refractivity contribution is 6.07. The molecule has 3 aromatic rings. The van der Waals surface area contributed by atoms with Crippen molar-refractivity contribution < 1.29 is 9.59 Å². The molecule has 0 spiro atoms. The summed E-state index contributed by atoms with van der Waals surface area (Å²) >= 11 is 0. The summed E-state index contributed by atoms with van der Waals surface area (Å²) in [5.74, 6) is -0.379. The van der Waals surface area contributed by atoms with Gasteiger partial charge in [0.05, 0.1) is 18.1 Å². The van der Waals surface area contributed by atoms with Gasteiger partial charge in [0.2, 0.25) is 0 Å². The second-order valence-electron chi connectivity index (χ2n) is 8.79. The Labute approximate surface area is 180 Å². The van der Waals surface area contributed by atoms with Crippen molar-refractivity contribution in [3.8, 4) is 0 Å². The number of para-hydroxylation sites is 1. The summed E-state index contributed by atoms with van der Waals surface area (Å²) in [5, 5.41) is 6.61. The first kappa shape index (κ1) is 18.3. The van der Waals surface area contributed by atoms with Crippen LogP contribution in [0.15, 0.2) is 78.0 Å². The van der Waals surface area contributed by atoms with Crippen LogP contribution in [0.25, 0.3) is 10.9 Å². The van der Waals surface area contributed by atoms with Crippen molar-refractivity contribution in [2.24, 2.45) is 28.8 Å². The second kappa shape index (κ2) is 7.05. The summed E-state index contributed by atoms with van der Waals surface area (Å²) in [6.45, 7) is 0.746. The summed E-state index contributed by atoms with van der Waals surface area (Å²) < 4.78 is 2.18. The zero-order valence-electron chi connectivity index (χ0n) is 17.1. The molecule has 1 aromatic heterocycles. The van der Waals surface area contributed by atoms with Crippen LogP contribution in [0.5, 0.6) is 0 Å². The van der Waals surface area contributed by atoms with Gasteiger partial charge in [-0.25, -0.2) is 0 Å². The van der Waals surface area contributed by atoms with Crippen LogP contribution in [-0.2, 0) is 16.1 Å². The molecule has 154 valence electrons. The van der Waals surface area contributed by atoms with Crippen molar-refractivity contribution >= 4 is 28.9 Å². The molecular weight excluding hydrogens is 386 g/mol. The smallest absolute Gasteiger partial charge is 0.254 e. The molecule has 31 heavy (non-hydrogen) atoms. The predicted octanol–water partition coefficient (Wildman–Crippen LogP) is 4.22. The Morgan fingerprint density at radius 2 is 1.52 bits per heavy atom. The number of hydrogen-bond donors (Lipinski definition) is 0. The molecule has 1 saturated carbocycles. The molecule has 2 heterocycles. The third kappa shape index (κ3) is 2.87. The van der Waals surface area contributed by atoms with E-state index in [0.29, 0.717) is 0 Å². The highest BCUT2D eigenvalue weighted by atomic mass is 16.2. The molecule has 2 aromatic carbocycles. The molecule has 5 heteroatoms. The molecule has 0 unspecified atom stereocenters. The maximum atomic E-state index is 13.0. The normalized spacial score (nSPS) is 27.0. The molecule has 0 N–H and O–H groups in total. The second-order valence-corrected chi connectivity index (χ2v) is 8.79. The van der Waals surface area contributed by atoms with Crippen LogP contribution in [0.4, 0.5) is 0 Å². The molecular formula is C26H23N3O2. The fraction of sp³-hybridized carbons (Fsp3) is 0.269. The Morgan fingerprint density at radius 3 is 2.19 bits per heavy atom. The molecule has 5 nitrogen and oxygen atoms in total. The lowest BCUT2D eigenvalue weighted by atomic mass is 9.63. The van der Waals surface area contributed by atoms with Gasteiger partial charge < -0.3 is 4.57 Å². The van der Waals surface area contributed by atoms with Gasteiger partial charge in [-0.15, -0.1) is 0 Å². The average molecular weight is 409 g/mol. The molecule has 2 bridgehead atoms. The number of aromatic nitrogens is 1. The van der Waals surface area contributed by atoms with Gasteiger partial charge in [0.15, 0.2) is 0 Å². The van der Waals surface area contributed by atoms with Crippen LogP contribution in [0, 0.1) is 23.7 Å². The summed E-state index contributed by atoms with van der Waals surface area (Å²) in [5.41, 5.74) is 3.22. The first-order valence-electron chi connectivity index (χ1n) is 10.9. The van der Waals surface area contributed by atoms with Crippen molar-refractivity contribution in [3.63, 3.8) is 0 Å². The zero-order valence-corrected chi connectivity index (χ0v) is 17.1. The van der Waals surface area contributed by atoms with Crippen molar-refractivity contribution in [3.05, 3.63) is 84.1 Å². The van der Waals surface area contributed by atoms with E-state index in [1.165, 1.54) is 5.56 Å². The largest absolute Gasteiger partial charge is 0.342 e. The van der Waals surface area contributed by atoms with Crippen molar-refractivity contribution in [1.29, 1.82) is 0 Å². The quantitative estimate of drug-likeness (QED) is 0.368. The minimum Gasteiger partial charge on any atom is -0.342 e. The lowest BCUT2D eigenvalue weighted by Crippen LogP contribution is -2.38. The fourth-order valence-electron chi connectivity index (χ4n) is 5.58. The topological polar surface area (TPSA) is 54.7 Å². The fourth-order valence-corrected chi connectivity index (χ4v) is 5.58. The summed E-state index contributed by atoms with van der Waals surface area (Å²) in [6.07, 6.45) is 9.96. The monoisotopic (exact) mass is 409 g/mol. The number of nitrogens with zero attached hydrogens (tertiary/aromatic N) is 3. The minimum absolute atomic E-state index is 0.140. The third-order valence-electron chi connectivity index (χ3n) is 7.06. The average Bonchev–Trinajstić information content (AvgIpc) is 3.30. The summed E-state index contributed by atoms with van der Waals surface area (Å²) in [7, 11) is 0. The van der Waals surface area contributed by atoms with Crippen LogP contribution < -0.4 is 0 Å². The van der Waals surface area contributed by atoms with Gasteiger partial charge >= 0.3 is 0 Å². The van der Waals surface area contributed by atoms with Crippen molar-refractivity contribution in [2.45, 2.75) is 19.4 Å². The van der Waals surface area contributed by atoms with Crippen LogP contribution >= 0.6 is 0 Å². The van der Waals surface area contributed by atoms with E-state index >= 15 is 0 Å². The van der Waals surface area contributed by atoms with E-state index in [0.717, 1.165) is 40.9 Å². The zero-order chi connectivity index (χ0) is 20.9. The first-order valence-corrected chi connectivity index (χ1v) is 10.9. The van der Waals surface area contributed by atoms with E-state index in [9.17, 15) is 9.59 Å². The molecule has 1 aliphatic heterocycles. The van der Waals surface area contributed by atoms with E-state index in [2.05, 4.69) is 46.1 Å². The summed E-state index contributed by atoms with van der Waals surface area (Å²) in [6, 6.07) is 18.4. The number of benzene rings is 2. The predicted molar refractivity (Wildman–Crippen MR) is 119 cm³/mol. The molecule has 7 rings (SSSR count). The first-order chi connectivity index (χ1) is 15.2. The lowest BCUT2D eigenvalue weighted by Gasteiger charge is -2.37. The maximum absolute atomic E-state index is 13.0. The molecule has 4 aliphatic rings. The van der Waals surface area contributed by atoms with Gasteiger partial charge in [0.25, 0.3) is 11.8 Å². The number of hydrazone groups is 1. The van der Waals surface area contributed by atoms with Crippen LogP contribution in [-0.4, -0.2) is 27.6 Å². The Kier molecular flexibility index (Phi) is 4.16. The van der Waals surface area contributed by atoms with Gasteiger partial charge in [-0.1, -0.05) is 60.7 Å². The minimum atomic E-state index is -0.229. The van der Waals surface area contributed by atoms with E-state index < -0.39 is 0 Å². The molecule has 3 aliphatic carbocycles. The number of fused-ring (bicyclic) bond motifs is 2. The number of hydrogen-bond acceptors (Lipinski definition) is 3. The Balaban J connectivity index is 1.33. The van der Waals surface area contributed by atoms with Crippen molar-refractivity contribution in [1.82, 2.24) is 9.58 Å². The third-order valence-corrected chi connectivity index (χ3v) is 7.06. The standard InChI is InChI=1S/C26H23N3O2/c30-25-23-18-10-11-19(13-12-18)24(23)26(31)29(25)27-14-20-16-28(15-17-6-2-1-3-7-17)22-9-5-4-8-21(20)22/h1-11,14,16,18-19,23-24H,12-13,15H2/b27-14-/t18-,19-,23-,24+/m0/s1. The number of amides is 2. The van der Waals surface area contributed by atoms with Crippen molar-refractivity contribution in [2.75, 3.05) is 0 Å². The highest BCUT2D eigenvalue weighted by Crippen LogP contribution is 2.49. The number of carbonyl (C=O) groups is 2. The number of rotatable bonds is 4. The Morgan fingerprint density at radius 1 is 0.871 bits per heavy atom. The maximum Gasteiger partial charge on any atom is 0.254 e. The summed E-state index contributed by atoms with van der Waals surface area (Å²) in [4.78, 5) is 26.0. The number of carbonyl (C=O) groups excluding carboxylic acids is 2. The van der Waals surface area contributed by atoms with E-state index in [4.69, 9.17) is 0 Å².